The van der Waals surface area contributed by atoms with Gasteiger partial charge in [-0.25, -0.2) is 14.8 Å². The lowest BCUT2D eigenvalue weighted by atomic mass is 10.1. The molecule has 0 aliphatic carbocycles. The maximum absolute atomic E-state index is 13.7. The van der Waals surface area contributed by atoms with Crippen molar-refractivity contribution in [3.8, 4) is 0 Å². The molecule has 0 radical (unpaired) electrons. The van der Waals surface area contributed by atoms with Gasteiger partial charge in [0.15, 0.2) is 11.2 Å². The van der Waals surface area contributed by atoms with E-state index in [2.05, 4.69) is 45.9 Å². The van der Waals surface area contributed by atoms with E-state index < -0.39 is 54.2 Å². The molecule has 2 heterocycles. The Bertz CT molecular complexity index is 1980. The average Bonchev–Trinajstić information content (AvgIpc) is 3.22. The molecule has 0 saturated carbocycles. The van der Waals surface area contributed by atoms with Crippen LogP contribution in [-0.4, -0.2) is 127 Å². The molecule has 24 heteroatoms. The van der Waals surface area contributed by atoms with Gasteiger partial charge in [-0.1, -0.05) is 19.0 Å². The topological polar surface area (TPSA) is 285 Å². The first-order valence-corrected chi connectivity index (χ1v) is 18.7. The van der Waals surface area contributed by atoms with Crippen LogP contribution < -0.4 is 26.4 Å². The fourth-order valence-corrected chi connectivity index (χ4v) is 5.02. The number of benzene rings is 1. The minimum Gasteiger partial charge on any atom is -0.467 e. The predicted octanol–water partition coefficient (Wildman–Crippen LogP) is 2.50. The van der Waals surface area contributed by atoms with Crippen LogP contribution in [0.5, 0.6) is 0 Å². The van der Waals surface area contributed by atoms with E-state index in [0.29, 0.717) is 63.9 Å². The number of nitrogens with one attached hydrogen (secondary N) is 4. The van der Waals surface area contributed by atoms with Gasteiger partial charge in [0.1, 0.15) is 12.3 Å². The van der Waals surface area contributed by atoms with Crippen LogP contribution in [0.4, 0.5) is 24.8 Å². The van der Waals surface area contributed by atoms with Crippen LogP contribution in [0, 0.1) is 5.92 Å². The van der Waals surface area contributed by atoms with Gasteiger partial charge in [-0.05, 0) is 55.0 Å². The summed E-state index contributed by atoms with van der Waals surface area (Å²) in [6.07, 6.45) is -4.51. The molecule has 1 unspecified atom stereocenters. The van der Waals surface area contributed by atoms with Crippen molar-refractivity contribution in [2.75, 3.05) is 70.1 Å². The molecule has 0 spiro atoms. The third-order valence-electron chi connectivity index (χ3n) is 8.23. The number of methoxy groups -OCH3 is 1. The van der Waals surface area contributed by atoms with E-state index in [1.807, 2.05) is 0 Å². The molecular formula is C36H48F3N11O10. The molecule has 0 bridgehead atoms. The van der Waals surface area contributed by atoms with E-state index >= 15 is 0 Å². The van der Waals surface area contributed by atoms with Crippen molar-refractivity contribution in [3.63, 3.8) is 0 Å². The second-order valence-electron chi connectivity index (χ2n) is 13.2. The molecule has 0 aliphatic heterocycles. The first-order chi connectivity index (χ1) is 28.6. The molecule has 0 saturated heterocycles. The minimum atomic E-state index is -5.32. The van der Waals surface area contributed by atoms with Crippen molar-refractivity contribution in [2.45, 2.75) is 64.5 Å². The average molecular weight is 852 g/mol. The molecule has 2 atom stereocenters. The Morgan fingerprint density at radius 3 is 2.27 bits per heavy atom. The van der Waals surface area contributed by atoms with Gasteiger partial charge in [-0.2, -0.15) is 18.2 Å². The van der Waals surface area contributed by atoms with Crippen molar-refractivity contribution in [3.05, 3.63) is 62.5 Å². The van der Waals surface area contributed by atoms with Crippen LogP contribution in [0.15, 0.2) is 40.4 Å². The molecule has 2 aromatic heterocycles. The molecule has 3 rings (SSSR count). The van der Waals surface area contributed by atoms with Crippen molar-refractivity contribution in [1.29, 1.82) is 0 Å². The number of alkyl halides is 3. The standard InChI is InChI=1S/C36H48F3N11O10/c1-22(2)30(52)47-35-46-29-28(32(54)48-35)44-24(20-42-29)21-50(34(56)36(37,38)39)25-8-6-23(7-9-25)31(53)45-26(33(55)57-3)10-11-27(51)41-12-4-14-58-16-18-60-19-17-59-15-5-13-43-49-40/h6-9,20,22,26,30,52H,4-5,10-19,21H2,1-3H3,(H,41,51)(H,45,53)(H2,42,46,47,48,54)/t26-,30?/m0/s1. The molecule has 5 N–H and O–H groups in total. The number of halogens is 3. The summed E-state index contributed by atoms with van der Waals surface area (Å²) in [5.41, 5.74) is 6.31. The Balaban J connectivity index is 1.52. The number of hydrogen-bond donors (Lipinski definition) is 5. The van der Waals surface area contributed by atoms with E-state index in [4.69, 9.17) is 24.5 Å². The largest absolute Gasteiger partial charge is 0.471 e. The number of aromatic nitrogens is 4. The number of H-pyrrole nitrogens is 1. The first-order valence-electron chi connectivity index (χ1n) is 18.7. The number of azide groups is 1. The van der Waals surface area contributed by atoms with Gasteiger partial charge in [-0.3, -0.25) is 29.1 Å². The fourth-order valence-electron chi connectivity index (χ4n) is 5.02. The quantitative estimate of drug-likeness (QED) is 0.0194. The van der Waals surface area contributed by atoms with Crippen LogP contribution in [0.3, 0.4) is 0 Å². The zero-order valence-electron chi connectivity index (χ0n) is 33.2. The third kappa shape index (κ3) is 16.4. The number of carbonyl (C=O) groups excluding carboxylic acids is 4. The number of esters is 1. The summed E-state index contributed by atoms with van der Waals surface area (Å²) < 4.78 is 62.2. The van der Waals surface area contributed by atoms with Crippen molar-refractivity contribution < 1.29 is 56.4 Å². The number of aliphatic hydroxyl groups excluding tert-OH is 1. The molecule has 60 heavy (non-hydrogen) atoms. The van der Waals surface area contributed by atoms with Gasteiger partial charge in [0.25, 0.3) is 11.5 Å². The molecule has 3 amide bonds. The van der Waals surface area contributed by atoms with E-state index in [0.717, 1.165) is 37.6 Å². The highest BCUT2D eigenvalue weighted by Gasteiger charge is 2.43. The molecule has 0 aliphatic rings. The summed E-state index contributed by atoms with van der Waals surface area (Å²) in [5, 5.41) is 21.2. The molecule has 21 nitrogen and oxygen atoms in total. The van der Waals surface area contributed by atoms with Gasteiger partial charge in [0.05, 0.1) is 52.0 Å². The summed E-state index contributed by atoms with van der Waals surface area (Å²) in [7, 11) is 1.10. The minimum absolute atomic E-state index is 0.0933. The molecule has 0 fully saturated rings. The number of carbonyl (C=O) groups is 4. The van der Waals surface area contributed by atoms with Crippen LogP contribution in [-0.2, 0) is 39.9 Å². The van der Waals surface area contributed by atoms with Gasteiger partial charge < -0.3 is 40.0 Å². The van der Waals surface area contributed by atoms with Crippen molar-refractivity contribution in [1.82, 2.24) is 30.6 Å². The Kier molecular flexibility index (Phi) is 20.1. The van der Waals surface area contributed by atoms with Gasteiger partial charge in [-0.15, -0.1) is 0 Å². The van der Waals surface area contributed by atoms with Crippen LogP contribution in [0.2, 0.25) is 0 Å². The van der Waals surface area contributed by atoms with Gasteiger partial charge in [0.2, 0.25) is 11.9 Å². The number of rotatable bonds is 26. The maximum atomic E-state index is 13.7. The van der Waals surface area contributed by atoms with Gasteiger partial charge in [0, 0.05) is 48.9 Å². The summed E-state index contributed by atoms with van der Waals surface area (Å²) >= 11 is 0. The summed E-state index contributed by atoms with van der Waals surface area (Å²) in [6, 6.07) is 3.16. The summed E-state index contributed by atoms with van der Waals surface area (Å²) in [6.45, 7) is 5.59. The monoisotopic (exact) mass is 851 g/mol. The lowest BCUT2D eigenvalue weighted by Gasteiger charge is -2.24. The van der Waals surface area contributed by atoms with E-state index in [-0.39, 0.29) is 59.4 Å². The number of ether oxygens (including phenoxy) is 4. The van der Waals surface area contributed by atoms with Crippen LogP contribution >= 0.6 is 0 Å². The number of aliphatic hydroxyl groups is 1. The first kappa shape index (κ1) is 48.4. The maximum Gasteiger partial charge on any atom is 0.471 e. The number of hydrogen-bond acceptors (Lipinski definition) is 15. The Labute approximate surface area is 341 Å². The zero-order chi connectivity index (χ0) is 44.1. The third-order valence-corrected chi connectivity index (χ3v) is 8.23. The molecule has 3 aromatic rings. The second-order valence-corrected chi connectivity index (χ2v) is 13.2. The zero-order valence-corrected chi connectivity index (χ0v) is 33.2. The van der Waals surface area contributed by atoms with E-state index in [1.165, 1.54) is 0 Å². The van der Waals surface area contributed by atoms with E-state index in [1.54, 1.807) is 13.8 Å². The SMILES string of the molecule is COC(=O)[C@H](CCC(=O)NCCCOCCOCCOCCCN=[N+]=[N-])NC(=O)c1ccc(N(Cc2cnc3nc(NC(O)C(C)C)[nH]c(=O)c3n2)C(=O)C(F)(F)F)cc1. The lowest BCUT2D eigenvalue weighted by molar-refractivity contribution is -0.170. The highest BCUT2D eigenvalue weighted by molar-refractivity contribution is 5.99. The summed E-state index contributed by atoms with van der Waals surface area (Å²) in [5.74, 6) is -4.68. The Hall–Kier alpha value is -5.94. The Morgan fingerprint density at radius 2 is 1.65 bits per heavy atom. The number of aromatic amines is 1. The van der Waals surface area contributed by atoms with Gasteiger partial charge >= 0.3 is 18.1 Å². The lowest BCUT2D eigenvalue weighted by Crippen LogP contribution is -2.42. The summed E-state index contributed by atoms with van der Waals surface area (Å²) in [4.78, 5) is 80.8. The molecule has 1 aromatic carbocycles. The normalized spacial score (nSPS) is 12.3. The highest BCUT2D eigenvalue weighted by atomic mass is 19.4. The number of fused-ring (bicyclic) bond motifs is 1. The van der Waals surface area contributed by atoms with Crippen LogP contribution in [0.1, 0.15) is 55.6 Å². The number of anilines is 2. The highest BCUT2D eigenvalue weighted by Crippen LogP contribution is 2.26. The molecular weight excluding hydrogens is 803 g/mol. The predicted molar refractivity (Wildman–Crippen MR) is 207 cm³/mol. The second kappa shape index (κ2) is 24.9. The number of nitrogens with zero attached hydrogens (tertiary/aromatic N) is 7. The van der Waals surface area contributed by atoms with Crippen LogP contribution in [0.25, 0.3) is 21.6 Å². The smallest absolute Gasteiger partial charge is 0.467 e. The molecule has 328 valence electrons. The van der Waals surface area contributed by atoms with Crippen molar-refractivity contribution in [2.24, 2.45) is 11.0 Å². The number of amides is 3. The van der Waals surface area contributed by atoms with Crippen molar-refractivity contribution >= 4 is 46.5 Å². The van der Waals surface area contributed by atoms with E-state index in [9.17, 15) is 42.3 Å². The Morgan fingerprint density at radius 1 is 1.00 bits per heavy atom. The fraction of sp³-hybridized carbons (Fsp3) is 0.556.